The second-order valence-electron chi connectivity index (χ2n) is 13.4. The molecule has 0 heterocycles. The summed E-state index contributed by atoms with van der Waals surface area (Å²) in [5.74, 6) is -5.77. The minimum atomic E-state index is -5.99. The first-order valence-corrected chi connectivity index (χ1v) is 15.6. The molecule has 0 saturated heterocycles. The van der Waals surface area contributed by atoms with Crippen molar-refractivity contribution >= 4 is 10.1 Å². The van der Waals surface area contributed by atoms with Crippen LogP contribution in [0.1, 0.15) is 32.1 Å². The average molecular weight is 625 g/mol. The highest BCUT2D eigenvalue weighted by Crippen LogP contribution is 2.77. The predicted octanol–water partition coefficient (Wildman–Crippen LogP) is 8.17. The number of halogens is 8. The first kappa shape index (κ1) is 30.1. The molecule has 0 aromatic heterocycles. The van der Waals surface area contributed by atoms with Crippen LogP contribution in [0.15, 0.2) is 61.8 Å². The Kier molecular flexibility index (Phi) is 6.32. The molecule has 232 valence electrons. The van der Waals surface area contributed by atoms with Crippen LogP contribution in [0.3, 0.4) is 0 Å². The summed E-state index contributed by atoms with van der Waals surface area (Å²) in [4.78, 5) is 0. The minimum Gasteiger partial charge on any atom is -0.281 e. The van der Waals surface area contributed by atoms with Gasteiger partial charge in [0.25, 0.3) is 0 Å². The van der Waals surface area contributed by atoms with E-state index >= 15 is 8.78 Å². The van der Waals surface area contributed by atoms with Gasteiger partial charge in [-0.1, -0.05) is 48.6 Å². The molecule has 11 atom stereocenters. The van der Waals surface area contributed by atoms with E-state index in [1.54, 1.807) is 6.08 Å². The molecule has 6 aliphatic carbocycles. The van der Waals surface area contributed by atoms with Crippen molar-refractivity contribution in [2.45, 2.75) is 49.7 Å². The lowest BCUT2D eigenvalue weighted by Crippen LogP contribution is -2.57. The van der Waals surface area contributed by atoms with Crippen molar-refractivity contribution < 1.29 is 48.1 Å². The van der Waals surface area contributed by atoms with Gasteiger partial charge in [-0.05, 0) is 90.8 Å². The largest absolute Gasteiger partial charge is 0.406 e. The van der Waals surface area contributed by atoms with Crippen LogP contribution in [0.25, 0.3) is 0 Å². The Hall–Kier alpha value is -1.95. The summed E-state index contributed by atoms with van der Waals surface area (Å²) < 4.78 is 153. The molecule has 0 aromatic rings. The van der Waals surface area contributed by atoms with E-state index in [9.17, 15) is 39.3 Å². The van der Waals surface area contributed by atoms with Crippen molar-refractivity contribution in [1.82, 2.24) is 0 Å². The number of fused-ring (bicyclic) bond motifs is 11. The fourth-order valence-corrected chi connectivity index (χ4v) is 11.2. The summed E-state index contributed by atoms with van der Waals surface area (Å²) in [5, 5.41) is -4.75. The highest BCUT2D eigenvalue weighted by molar-refractivity contribution is 7.86. The van der Waals surface area contributed by atoms with Crippen LogP contribution < -0.4 is 0 Å². The van der Waals surface area contributed by atoms with Gasteiger partial charge in [-0.2, -0.15) is 43.5 Å². The lowest BCUT2D eigenvalue weighted by atomic mass is 9.56. The standard InChI is InChI=1S/C30H32F8O3S/c1-3-26(30(37,38)42(39,40)41,21-12-16-5-6-17(21)11-16)10-9-25-14-20(23-18-7-8-19(13-18)24(23)25)22(15-25)27(4-2,28(31,32)33)29(34,35)36/h3-10,16-24H,1-2,11-15H2,(H,39,40,41). The van der Waals surface area contributed by atoms with Gasteiger partial charge in [-0.15, -0.1) is 13.2 Å². The van der Waals surface area contributed by atoms with Crippen molar-refractivity contribution in [2.75, 3.05) is 0 Å². The summed E-state index contributed by atoms with van der Waals surface area (Å²) in [6, 6.07) is 0. The van der Waals surface area contributed by atoms with E-state index in [2.05, 4.69) is 13.2 Å². The smallest absolute Gasteiger partial charge is 0.281 e. The molecule has 3 nitrogen and oxygen atoms in total. The molecule has 0 aromatic carbocycles. The van der Waals surface area contributed by atoms with E-state index in [0.717, 1.165) is 12.2 Å². The molecule has 11 unspecified atom stereocenters. The molecule has 0 radical (unpaired) electrons. The SMILES string of the molecule is C=CC(C=CC12CC(C3C4C=CC(C4)C31)C(C(C=C)(C(F)(F)F)C(F)(F)F)C2)(C1CC2C=CC1C2)C(F)(F)S(=O)(=O)O. The fraction of sp³-hybridized carbons (Fsp3) is 0.667. The van der Waals surface area contributed by atoms with Gasteiger partial charge in [0.05, 0.1) is 5.41 Å². The molecule has 0 aliphatic heterocycles. The maximum absolute atomic E-state index is 15.9. The number of hydrogen-bond acceptors (Lipinski definition) is 2. The Morgan fingerprint density at radius 3 is 1.90 bits per heavy atom. The maximum atomic E-state index is 15.9. The van der Waals surface area contributed by atoms with E-state index in [1.807, 2.05) is 18.2 Å². The van der Waals surface area contributed by atoms with Gasteiger partial charge < -0.3 is 0 Å². The molecule has 0 amide bonds. The molecule has 6 rings (SSSR count). The van der Waals surface area contributed by atoms with E-state index in [4.69, 9.17) is 0 Å². The van der Waals surface area contributed by atoms with Gasteiger partial charge in [-0.25, -0.2) is 0 Å². The van der Waals surface area contributed by atoms with Crippen LogP contribution in [0.2, 0.25) is 0 Å². The minimum absolute atomic E-state index is 0.0457. The maximum Gasteiger partial charge on any atom is 0.406 e. The molecule has 0 spiro atoms. The second-order valence-corrected chi connectivity index (χ2v) is 14.8. The Morgan fingerprint density at radius 2 is 1.40 bits per heavy atom. The lowest BCUT2D eigenvalue weighted by Gasteiger charge is -2.49. The van der Waals surface area contributed by atoms with Crippen LogP contribution in [-0.4, -0.2) is 30.6 Å². The summed E-state index contributed by atoms with van der Waals surface area (Å²) in [6.07, 6.45) is -0.563. The third-order valence-electron chi connectivity index (χ3n) is 12.0. The van der Waals surface area contributed by atoms with Crippen LogP contribution in [0.5, 0.6) is 0 Å². The van der Waals surface area contributed by atoms with Crippen molar-refractivity contribution in [3.05, 3.63) is 61.8 Å². The van der Waals surface area contributed by atoms with Crippen LogP contribution >= 0.6 is 0 Å². The molecule has 4 fully saturated rings. The molecule has 42 heavy (non-hydrogen) atoms. The Balaban J connectivity index is 1.51. The zero-order chi connectivity index (χ0) is 30.9. The number of alkyl halides is 8. The number of rotatable bonds is 8. The first-order chi connectivity index (χ1) is 19.3. The van der Waals surface area contributed by atoms with Crippen LogP contribution in [-0.2, 0) is 10.1 Å². The zero-order valence-corrected chi connectivity index (χ0v) is 23.3. The third kappa shape index (κ3) is 3.56. The van der Waals surface area contributed by atoms with Gasteiger partial charge >= 0.3 is 27.7 Å². The Morgan fingerprint density at radius 1 is 0.786 bits per heavy atom. The Labute approximate surface area is 239 Å². The quantitative estimate of drug-likeness (QED) is 0.128. The van der Waals surface area contributed by atoms with E-state index in [0.29, 0.717) is 12.8 Å². The Bertz CT molecular complexity index is 1360. The summed E-state index contributed by atoms with van der Waals surface area (Å²) in [7, 11) is -5.99. The molecule has 12 heteroatoms. The summed E-state index contributed by atoms with van der Waals surface area (Å²) in [6.45, 7) is 6.53. The van der Waals surface area contributed by atoms with E-state index < -0.39 is 80.0 Å². The number of allylic oxidation sites excluding steroid dienone is 8. The normalized spacial score (nSPS) is 42.1. The first-order valence-electron chi connectivity index (χ1n) is 14.1. The topological polar surface area (TPSA) is 54.4 Å². The third-order valence-corrected chi connectivity index (χ3v) is 13.0. The lowest BCUT2D eigenvalue weighted by molar-refractivity contribution is -0.344. The summed E-state index contributed by atoms with van der Waals surface area (Å²) in [5.41, 5.74) is -8.16. The monoisotopic (exact) mass is 624 g/mol. The fourth-order valence-electron chi connectivity index (χ4n) is 10.5. The van der Waals surface area contributed by atoms with Gasteiger partial charge in [0.15, 0.2) is 5.41 Å². The van der Waals surface area contributed by atoms with Gasteiger partial charge in [0, 0.05) is 0 Å². The molecular formula is C30H32F8O3S. The van der Waals surface area contributed by atoms with Crippen molar-refractivity contribution in [2.24, 2.45) is 69.5 Å². The molecule has 4 saturated carbocycles. The van der Waals surface area contributed by atoms with E-state index in [-0.39, 0.29) is 42.6 Å². The second kappa shape index (κ2) is 8.82. The highest BCUT2D eigenvalue weighted by Gasteiger charge is 2.79. The van der Waals surface area contributed by atoms with Crippen molar-refractivity contribution in [3.63, 3.8) is 0 Å². The number of hydrogen-bond donors (Lipinski definition) is 1. The average Bonchev–Trinajstić information content (AvgIpc) is 3.71. The van der Waals surface area contributed by atoms with Crippen molar-refractivity contribution in [1.29, 1.82) is 0 Å². The van der Waals surface area contributed by atoms with Gasteiger partial charge in [0.2, 0.25) is 0 Å². The molecular weight excluding hydrogens is 592 g/mol. The zero-order valence-electron chi connectivity index (χ0n) is 22.5. The van der Waals surface area contributed by atoms with E-state index in [1.165, 1.54) is 6.08 Å². The van der Waals surface area contributed by atoms with Crippen LogP contribution in [0.4, 0.5) is 35.1 Å². The predicted molar refractivity (Wildman–Crippen MR) is 138 cm³/mol. The van der Waals surface area contributed by atoms with Gasteiger partial charge in [-0.3, -0.25) is 4.55 Å². The van der Waals surface area contributed by atoms with Crippen molar-refractivity contribution in [3.8, 4) is 0 Å². The molecule has 1 N–H and O–H groups in total. The summed E-state index contributed by atoms with van der Waals surface area (Å²) >= 11 is 0. The molecule has 6 bridgehead atoms. The van der Waals surface area contributed by atoms with Gasteiger partial charge in [0.1, 0.15) is 0 Å². The molecule has 6 aliphatic rings. The highest BCUT2D eigenvalue weighted by atomic mass is 32.2. The van der Waals surface area contributed by atoms with Crippen LogP contribution in [0, 0.1) is 69.5 Å².